The predicted octanol–water partition coefficient (Wildman–Crippen LogP) is 4.10. The molecule has 0 spiro atoms. The summed E-state index contributed by atoms with van der Waals surface area (Å²) < 4.78 is 2.07. The van der Waals surface area contributed by atoms with Crippen LogP contribution in [-0.4, -0.2) is 28.6 Å². The molecule has 0 aliphatic rings. The molecule has 3 rings (SSSR count). The number of nitrogens with one attached hydrogen (secondary N) is 2. The monoisotopic (exact) mass is 389 g/mol. The average molecular weight is 390 g/mol. The van der Waals surface area contributed by atoms with Gasteiger partial charge in [-0.2, -0.15) is 0 Å². The molecule has 5 heteroatoms. The van der Waals surface area contributed by atoms with E-state index in [0.29, 0.717) is 12.5 Å². The molecule has 0 aliphatic heterocycles. The van der Waals surface area contributed by atoms with Crippen molar-refractivity contribution in [1.82, 2.24) is 20.2 Å². The molecule has 2 N–H and O–H groups in total. The van der Waals surface area contributed by atoms with Crippen LogP contribution in [0.15, 0.2) is 72.2 Å². The zero-order valence-electron chi connectivity index (χ0n) is 17.6. The first kappa shape index (κ1) is 20.6. The van der Waals surface area contributed by atoms with Crippen LogP contribution in [0.25, 0.3) is 0 Å². The Balaban J connectivity index is 1.59. The maximum atomic E-state index is 4.78. The van der Waals surface area contributed by atoms with Crippen LogP contribution in [0.4, 0.5) is 0 Å². The topological polar surface area (TPSA) is 54.2 Å². The highest BCUT2D eigenvalue weighted by molar-refractivity contribution is 5.79. The highest BCUT2D eigenvalue weighted by atomic mass is 15.2. The van der Waals surface area contributed by atoms with Gasteiger partial charge < -0.3 is 15.2 Å². The Labute approximate surface area is 173 Å². The van der Waals surface area contributed by atoms with Crippen LogP contribution in [0.5, 0.6) is 0 Å². The number of aliphatic imine (C=N–C) groups is 1. The molecule has 0 saturated heterocycles. The molecule has 1 heterocycles. The van der Waals surface area contributed by atoms with Gasteiger partial charge in [-0.15, -0.1) is 0 Å². The van der Waals surface area contributed by atoms with E-state index in [4.69, 9.17) is 4.99 Å². The lowest BCUT2D eigenvalue weighted by Crippen LogP contribution is -2.39. The molecular formula is C24H31N5. The molecule has 0 fully saturated rings. The normalized spacial score (nSPS) is 12.6. The van der Waals surface area contributed by atoms with Gasteiger partial charge in [0, 0.05) is 32.0 Å². The number of guanidine groups is 1. The van der Waals surface area contributed by atoms with Crippen molar-refractivity contribution in [3.05, 3.63) is 89.5 Å². The molecule has 0 radical (unpaired) electrons. The number of hydrogen-bond acceptors (Lipinski definition) is 2. The number of imidazole rings is 1. The van der Waals surface area contributed by atoms with Crippen LogP contribution >= 0.6 is 0 Å². The van der Waals surface area contributed by atoms with Gasteiger partial charge in [-0.3, -0.25) is 0 Å². The van der Waals surface area contributed by atoms with Crippen molar-refractivity contribution in [3.8, 4) is 0 Å². The summed E-state index contributed by atoms with van der Waals surface area (Å²) in [7, 11) is 0. The minimum Gasteiger partial charge on any atom is -0.357 e. The van der Waals surface area contributed by atoms with E-state index in [9.17, 15) is 0 Å². The van der Waals surface area contributed by atoms with Crippen molar-refractivity contribution in [2.75, 3.05) is 13.1 Å². The summed E-state index contributed by atoms with van der Waals surface area (Å²) in [6.45, 7) is 9.59. The summed E-state index contributed by atoms with van der Waals surface area (Å²) in [4.78, 5) is 8.88. The van der Waals surface area contributed by atoms with E-state index in [2.05, 4.69) is 89.5 Å². The molecule has 1 aromatic heterocycles. The van der Waals surface area contributed by atoms with Crippen LogP contribution in [-0.2, 0) is 13.1 Å². The van der Waals surface area contributed by atoms with E-state index in [1.54, 1.807) is 6.20 Å². The molecule has 152 valence electrons. The predicted molar refractivity (Wildman–Crippen MR) is 120 cm³/mol. The zero-order chi connectivity index (χ0) is 20.5. The minimum absolute atomic E-state index is 0.415. The van der Waals surface area contributed by atoms with E-state index in [1.807, 2.05) is 12.5 Å². The number of aryl methyl sites for hydroxylation is 1. The van der Waals surface area contributed by atoms with Crippen LogP contribution < -0.4 is 10.6 Å². The number of benzene rings is 2. The fraction of sp³-hybridized carbons (Fsp3) is 0.333. The second-order valence-corrected chi connectivity index (χ2v) is 7.44. The Hall–Kier alpha value is -3.08. The van der Waals surface area contributed by atoms with Gasteiger partial charge in [0.2, 0.25) is 0 Å². The van der Waals surface area contributed by atoms with Gasteiger partial charge in [0.15, 0.2) is 5.96 Å². The molecular weight excluding hydrogens is 358 g/mol. The third-order valence-corrected chi connectivity index (χ3v) is 4.90. The van der Waals surface area contributed by atoms with Gasteiger partial charge in [0.1, 0.15) is 0 Å². The standard InChI is InChI=1S/C24H31N5/c1-4-26-24(27-15-20(3)23-10-8-19(2)9-11-23)28-16-21-6-5-7-22(14-21)17-29-13-12-25-18-29/h5-14,18,20H,4,15-17H2,1-3H3,(H2,26,27,28). The van der Waals surface area contributed by atoms with Crippen molar-refractivity contribution in [3.63, 3.8) is 0 Å². The molecule has 0 bridgehead atoms. The third-order valence-electron chi connectivity index (χ3n) is 4.90. The minimum atomic E-state index is 0.415. The first-order chi connectivity index (χ1) is 14.1. The van der Waals surface area contributed by atoms with Crippen LogP contribution in [0, 0.1) is 6.92 Å². The van der Waals surface area contributed by atoms with Crippen molar-refractivity contribution in [2.24, 2.45) is 4.99 Å². The maximum absolute atomic E-state index is 4.78. The fourth-order valence-electron chi connectivity index (χ4n) is 3.19. The third kappa shape index (κ3) is 6.49. The summed E-state index contributed by atoms with van der Waals surface area (Å²) in [6.07, 6.45) is 5.63. The Morgan fingerprint density at radius 2 is 1.90 bits per heavy atom. The van der Waals surface area contributed by atoms with E-state index in [-0.39, 0.29) is 0 Å². The van der Waals surface area contributed by atoms with Crippen LogP contribution in [0.2, 0.25) is 0 Å². The quantitative estimate of drug-likeness (QED) is 0.450. The number of aromatic nitrogens is 2. The van der Waals surface area contributed by atoms with E-state index >= 15 is 0 Å². The van der Waals surface area contributed by atoms with Gasteiger partial charge in [-0.05, 0) is 36.5 Å². The van der Waals surface area contributed by atoms with E-state index in [1.165, 1.54) is 22.3 Å². The molecule has 1 unspecified atom stereocenters. The Morgan fingerprint density at radius 3 is 2.62 bits per heavy atom. The first-order valence-electron chi connectivity index (χ1n) is 10.3. The van der Waals surface area contributed by atoms with Crippen molar-refractivity contribution < 1.29 is 0 Å². The maximum Gasteiger partial charge on any atom is 0.191 e. The number of nitrogens with zero attached hydrogens (tertiary/aromatic N) is 3. The van der Waals surface area contributed by atoms with Gasteiger partial charge >= 0.3 is 0 Å². The second kappa shape index (κ2) is 10.5. The highest BCUT2D eigenvalue weighted by Crippen LogP contribution is 2.14. The molecule has 29 heavy (non-hydrogen) atoms. The lowest BCUT2D eigenvalue weighted by atomic mass is 10.0. The van der Waals surface area contributed by atoms with Gasteiger partial charge in [0.05, 0.1) is 12.9 Å². The summed E-state index contributed by atoms with van der Waals surface area (Å²) in [6, 6.07) is 17.3. The van der Waals surface area contributed by atoms with Crippen LogP contribution in [0.3, 0.4) is 0 Å². The van der Waals surface area contributed by atoms with Crippen molar-refractivity contribution in [2.45, 2.75) is 39.8 Å². The van der Waals surface area contributed by atoms with Crippen LogP contribution in [0.1, 0.15) is 42.0 Å². The lowest BCUT2D eigenvalue weighted by Gasteiger charge is -2.16. The average Bonchev–Trinajstić information content (AvgIpc) is 3.23. The molecule has 0 saturated carbocycles. The Morgan fingerprint density at radius 1 is 1.10 bits per heavy atom. The molecule has 3 aromatic rings. The summed E-state index contributed by atoms with van der Waals surface area (Å²) in [5.41, 5.74) is 5.08. The molecule has 1 atom stereocenters. The van der Waals surface area contributed by atoms with Gasteiger partial charge in [-0.25, -0.2) is 9.98 Å². The van der Waals surface area contributed by atoms with E-state index in [0.717, 1.165) is 25.6 Å². The highest BCUT2D eigenvalue weighted by Gasteiger charge is 2.07. The molecule has 5 nitrogen and oxygen atoms in total. The fourth-order valence-corrected chi connectivity index (χ4v) is 3.19. The second-order valence-electron chi connectivity index (χ2n) is 7.44. The Kier molecular flexibility index (Phi) is 7.45. The molecule has 0 amide bonds. The Bertz CT molecular complexity index is 897. The number of rotatable bonds is 8. The summed E-state index contributed by atoms with van der Waals surface area (Å²) in [5.74, 6) is 1.27. The zero-order valence-corrected chi connectivity index (χ0v) is 17.6. The van der Waals surface area contributed by atoms with E-state index < -0.39 is 0 Å². The van der Waals surface area contributed by atoms with Gasteiger partial charge in [0.25, 0.3) is 0 Å². The van der Waals surface area contributed by atoms with Crippen molar-refractivity contribution in [1.29, 1.82) is 0 Å². The molecule has 2 aromatic carbocycles. The van der Waals surface area contributed by atoms with Gasteiger partial charge in [-0.1, -0.05) is 61.0 Å². The first-order valence-corrected chi connectivity index (χ1v) is 10.3. The largest absolute Gasteiger partial charge is 0.357 e. The summed E-state index contributed by atoms with van der Waals surface area (Å²) >= 11 is 0. The lowest BCUT2D eigenvalue weighted by molar-refractivity contribution is 0.699. The smallest absolute Gasteiger partial charge is 0.191 e. The number of hydrogen-bond donors (Lipinski definition) is 2. The SMILES string of the molecule is CCNC(=NCc1cccc(Cn2ccnc2)c1)NCC(C)c1ccc(C)cc1. The summed E-state index contributed by atoms with van der Waals surface area (Å²) in [5, 5.41) is 6.83. The molecule has 0 aliphatic carbocycles. The van der Waals surface area contributed by atoms with Crippen molar-refractivity contribution >= 4 is 5.96 Å².